The Morgan fingerprint density at radius 3 is 2.36 bits per heavy atom. The minimum atomic E-state index is 0. The fourth-order valence-electron chi connectivity index (χ4n) is 3.45. The molecule has 4 rings (SSSR count). The fourth-order valence-corrected chi connectivity index (χ4v) is 3.58. The van der Waals surface area contributed by atoms with Gasteiger partial charge in [0.25, 0.3) is 0 Å². The summed E-state index contributed by atoms with van der Waals surface area (Å²) in [4.78, 5) is 4.66. The van der Waals surface area contributed by atoms with Gasteiger partial charge in [0.2, 0.25) is 0 Å². The normalized spacial score (nSPS) is 11.1. The molecule has 0 atom stereocenters. The summed E-state index contributed by atoms with van der Waals surface area (Å²) in [5.74, 6) is 0. The fraction of sp³-hybridized carbons (Fsp3) is 0.125. The van der Waals surface area contributed by atoms with E-state index in [1.807, 2.05) is 36.5 Å². The molecule has 142 valence electrons. The van der Waals surface area contributed by atoms with E-state index >= 15 is 0 Å². The Labute approximate surface area is 176 Å². The smallest absolute Gasteiger partial charge is 0.0873 e. The van der Waals surface area contributed by atoms with E-state index in [0.29, 0.717) is 0 Å². The highest BCUT2D eigenvalue weighted by Gasteiger charge is 2.14. The van der Waals surface area contributed by atoms with Gasteiger partial charge in [-0.25, -0.2) is 0 Å². The van der Waals surface area contributed by atoms with Gasteiger partial charge >= 0.3 is 0 Å². The molecule has 2 heterocycles. The summed E-state index contributed by atoms with van der Waals surface area (Å²) in [7, 11) is 0. The molecule has 0 spiro atoms. The lowest BCUT2D eigenvalue weighted by molar-refractivity contribution is 0.798. The third-order valence-corrected chi connectivity index (χ3v) is 5.31. The summed E-state index contributed by atoms with van der Waals surface area (Å²) < 4.78 is 2.35. The Morgan fingerprint density at radius 1 is 0.929 bits per heavy atom. The molecular weight excluding hydrogens is 387 g/mol. The van der Waals surface area contributed by atoms with Crippen molar-refractivity contribution in [3.05, 3.63) is 100.0 Å². The van der Waals surface area contributed by atoms with Crippen molar-refractivity contribution in [2.45, 2.75) is 20.4 Å². The number of hydrogen-bond donors (Lipinski definition) is 0. The molecule has 2 nitrogen and oxygen atoms in total. The van der Waals surface area contributed by atoms with Crippen LogP contribution in [0.5, 0.6) is 0 Å². The molecule has 2 aromatic carbocycles. The molecule has 0 aliphatic carbocycles. The number of fused-ring (bicyclic) bond motifs is 1. The first-order valence-corrected chi connectivity index (χ1v) is 9.43. The van der Waals surface area contributed by atoms with Crippen LogP contribution in [0.2, 0.25) is 5.02 Å². The van der Waals surface area contributed by atoms with Gasteiger partial charge in [-0.05, 0) is 54.8 Å². The molecule has 0 fully saturated rings. The molecule has 0 amide bonds. The number of nitrogens with zero attached hydrogens (tertiary/aromatic N) is 2. The lowest BCUT2D eigenvalue weighted by Crippen LogP contribution is -2.03. The van der Waals surface area contributed by atoms with E-state index in [-0.39, 0.29) is 12.4 Å². The number of halogens is 2. The number of rotatable bonds is 4. The SMILES string of the molecule is Cc1c(C)n(Cc2ccc(Cl)cc2)c2c(/C=C/c3ccccc3)nccc12.Cl. The molecular formula is C24H22Cl2N2. The maximum Gasteiger partial charge on any atom is 0.0873 e. The molecule has 28 heavy (non-hydrogen) atoms. The number of hydrogen-bond acceptors (Lipinski definition) is 1. The van der Waals surface area contributed by atoms with Crippen LogP contribution < -0.4 is 0 Å². The molecule has 0 aliphatic heterocycles. The first kappa shape index (κ1) is 20.2. The van der Waals surface area contributed by atoms with Gasteiger partial charge in [-0.1, -0.05) is 60.1 Å². The summed E-state index contributed by atoms with van der Waals surface area (Å²) in [6.45, 7) is 5.15. The Bertz CT molecular complexity index is 1110. The van der Waals surface area contributed by atoms with E-state index in [9.17, 15) is 0 Å². The van der Waals surface area contributed by atoms with Crippen LogP contribution in [-0.2, 0) is 6.54 Å². The van der Waals surface area contributed by atoms with Crippen LogP contribution in [0.15, 0.2) is 66.9 Å². The minimum absolute atomic E-state index is 0. The van der Waals surface area contributed by atoms with Gasteiger partial charge in [0.05, 0.1) is 11.2 Å². The maximum absolute atomic E-state index is 6.04. The van der Waals surface area contributed by atoms with Gasteiger partial charge in [-0.15, -0.1) is 12.4 Å². The number of benzene rings is 2. The minimum Gasteiger partial charge on any atom is -0.338 e. The number of aromatic nitrogens is 2. The molecule has 0 saturated carbocycles. The van der Waals surface area contributed by atoms with Crippen LogP contribution >= 0.6 is 24.0 Å². The predicted molar refractivity (Wildman–Crippen MR) is 122 cm³/mol. The Morgan fingerprint density at radius 2 is 1.64 bits per heavy atom. The summed E-state index contributed by atoms with van der Waals surface area (Å²) in [5, 5.41) is 2.02. The summed E-state index contributed by atoms with van der Waals surface area (Å²) >= 11 is 6.04. The summed E-state index contributed by atoms with van der Waals surface area (Å²) in [5.41, 5.74) is 7.12. The second-order valence-corrected chi connectivity index (χ2v) is 7.20. The molecule has 4 heteroatoms. The van der Waals surface area contributed by atoms with Crippen molar-refractivity contribution in [3.8, 4) is 0 Å². The van der Waals surface area contributed by atoms with Crippen LogP contribution in [0.4, 0.5) is 0 Å². The third kappa shape index (κ3) is 3.99. The average Bonchev–Trinajstić information content (AvgIpc) is 2.94. The zero-order valence-corrected chi connectivity index (χ0v) is 17.5. The Balaban J connectivity index is 0.00000225. The van der Waals surface area contributed by atoms with Crippen molar-refractivity contribution in [2.75, 3.05) is 0 Å². The van der Waals surface area contributed by atoms with E-state index < -0.39 is 0 Å². The second-order valence-electron chi connectivity index (χ2n) is 6.76. The zero-order valence-electron chi connectivity index (χ0n) is 15.9. The monoisotopic (exact) mass is 408 g/mol. The van der Waals surface area contributed by atoms with Gasteiger partial charge < -0.3 is 4.57 Å². The molecule has 0 N–H and O–H groups in total. The molecule has 0 saturated heterocycles. The van der Waals surface area contributed by atoms with Crippen LogP contribution in [0.25, 0.3) is 23.1 Å². The molecule has 2 aromatic heterocycles. The molecule has 0 unspecified atom stereocenters. The van der Waals surface area contributed by atoms with Gasteiger partial charge in [0, 0.05) is 28.8 Å². The highest BCUT2D eigenvalue weighted by molar-refractivity contribution is 6.30. The van der Waals surface area contributed by atoms with E-state index in [1.165, 1.54) is 33.3 Å². The molecule has 0 aliphatic rings. The van der Waals surface area contributed by atoms with Crippen LogP contribution in [-0.4, -0.2) is 9.55 Å². The lowest BCUT2D eigenvalue weighted by Gasteiger charge is -2.10. The topological polar surface area (TPSA) is 17.8 Å². The lowest BCUT2D eigenvalue weighted by atomic mass is 10.1. The predicted octanol–water partition coefficient (Wildman–Crippen LogP) is 6.95. The largest absolute Gasteiger partial charge is 0.338 e. The quantitative estimate of drug-likeness (QED) is 0.357. The summed E-state index contributed by atoms with van der Waals surface area (Å²) in [6.07, 6.45) is 6.12. The Kier molecular flexibility index (Phi) is 6.23. The molecule has 0 bridgehead atoms. The first-order valence-electron chi connectivity index (χ1n) is 9.05. The number of aryl methyl sites for hydroxylation is 1. The van der Waals surface area contributed by atoms with Crippen molar-refractivity contribution >= 4 is 47.1 Å². The maximum atomic E-state index is 6.04. The number of pyridine rings is 1. The van der Waals surface area contributed by atoms with Crippen molar-refractivity contribution in [1.29, 1.82) is 0 Å². The van der Waals surface area contributed by atoms with Gasteiger partial charge in [-0.3, -0.25) is 4.98 Å². The Hall–Kier alpha value is -2.55. The zero-order chi connectivity index (χ0) is 18.8. The van der Waals surface area contributed by atoms with Crippen LogP contribution in [0.1, 0.15) is 28.1 Å². The van der Waals surface area contributed by atoms with Crippen molar-refractivity contribution in [2.24, 2.45) is 0 Å². The average molecular weight is 409 g/mol. The molecule has 4 aromatic rings. The van der Waals surface area contributed by atoms with E-state index in [0.717, 1.165) is 17.3 Å². The molecule has 0 radical (unpaired) electrons. The van der Waals surface area contributed by atoms with E-state index in [1.54, 1.807) is 0 Å². The van der Waals surface area contributed by atoms with E-state index in [4.69, 9.17) is 11.6 Å². The summed E-state index contributed by atoms with van der Waals surface area (Å²) in [6, 6.07) is 20.5. The van der Waals surface area contributed by atoms with Gasteiger partial charge in [-0.2, -0.15) is 0 Å². The highest BCUT2D eigenvalue weighted by atomic mass is 35.5. The second kappa shape index (κ2) is 8.64. The van der Waals surface area contributed by atoms with Crippen molar-refractivity contribution in [1.82, 2.24) is 9.55 Å². The van der Waals surface area contributed by atoms with Crippen molar-refractivity contribution in [3.63, 3.8) is 0 Å². The van der Waals surface area contributed by atoms with Gasteiger partial charge in [0.15, 0.2) is 0 Å². The highest BCUT2D eigenvalue weighted by Crippen LogP contribution is 2.29. The van der Waals surface area contributed by atoms with Crippen LogP contribution in [0, 0.1) is 13.8 Å². The van der Waals surface area contributed by atoms with Crippen LogP contribution in [0.3, 0.4) is 0 Å². The van der Waals surface area contributed by atoms with E-state index in [2.05, 4.69) is 65.9 Å². The van der Waals surface area contributed by atoms with Gasteiger partial charge in [0.1, 0.15) is 0 Å². The third-order valence-electron chi connectivity index (χ3n) is 5.06. The van der Waals surface area contributed by atoms with Crippen molar-refractivity contribution < 1.29 is 0 Å². The standard InChI is InChI=1S/C24H21ClN2.ClH/c1-17-18(2)27(16-20-8-11-21(25)12-9-20)24-22(17)14-15-26-23(24)13-10-19-6-4-3-5-7-19;/h3-15H,16H2,1-2H3;1H/b13-10+;. The first-order chi connectivity index (χ1) is 13.1.